The Kier molecular flexibility index (Phi) is 2.07. The van der Waals surface area contributed by atoms with E-state index in [9.17, 15) is 9.59 Å². The lowest BCUT2D eigenvalue weighted by atomic mass is 10.1. The Morgan fingerprint density at radius 3 is 3.00 bits per heavy atom. The first kappa shape index (κ1) is 9.51. The Bertz CT molecular complexity index is 514. The van der Waals surface area contributed by atoms with Gasteiger partial charge in [0.15, 0.2) is 0 Å². The highest BCUT2D eigenvalue weighted by Crippen LogP contribution is 2.16. The van der Waals surface area contributed by atoms with Crippen molar-refractivity contribution in [3.8, 4) is 0 Å². The topological polar surface area (TPSA) is 71.3 Å². The average molecular weight is 206 g/mol. The molecule has 2 N–H and O–H groups in total. The van der Waals surface area contributed by atoms with Gasteiger partial charge < -0.3 is 15.0 Å². The van der Waals surface area contributed by atoms with Gasteiger partial charge in [0.1, 0.15) is 11.3 Å². The number of aromatic carboxylic acids is 1. The number of carboxylic acids is 1. The summed E-state index contributed by atoms with van der Waals surface area (Å²) < 4.78 is 1.63. The van der Waals surface area contributed by atoms with Gasteiger partial charge in [-0.3, -0.25) is 4.79 Å². The number of nitrogens with one attached hydrogen (secondary N) is 1. The Morgan fingerprint density at radius 1 is 1.60 bits per heavy atom. The van der Waals surface area contributed by atoms with E-state index >= 15 is 0 Å². The third-order valence-electron chi connectivity index (χ3n) is 2.33. The van der Waals surface area contributed by atoms with E-state index in [1.807, 2.05) is 6.08 Å². The maximum absolute atomic E-state index is 11.7. The lowest BCUT2D eigenvalue weighted by Crippen LogP contribution is -2.25. The number of nitrogens with zero attached hydrogens (tertiary/aromatic N) is 1. The molecule has 0 amide bonds. The standard InChI is InChI=1S/C10H10N2O3/c1-12-5-6(10(14)15)9(13)8-7(12)3-2-4-11-8/h2-3,5,11H,4H2,1H3,(H,14,15). The van der Waals surface area contributed by atoms with E-state index in [0.29, 0.717) is 17.9 Å². The monoisotopic (exact) mass is 206 g/mol. The van der Waals surface area contributed by atoms with Crippen LogP contribution in [0.15, 0.2) is 17.1 Å². The molecule has 0 spiro atoms. The van der Waals surface area contributed by atoms with Gasteiger partial charge in [0.2, 0.25) is 5.43 Å². The Labute approximate surface area is 85.7 Å². The summed E-state index contributed by atoms with van der Waals surface area (Å²) in [6.45, 7) is 0.547. The highest BCUT2D eigenvalue weighted by Gasteiger charge is 2.17. The zero-order valence-corrected chi connectivity index (χ0v) is 8.15. The largest absolute Gasteiger partial charge is 0.477 e. The van der Waals surface area contributed by atoms with Crippen LogP contribution in [-0.2, 0) is 7.05 Å². The molecular weight excluding hydrogens is 196 g/mol. The summed E-state index contributed by atoms with van der Waals surface area (Å²) in [6.07, 6.45) is 5.02. The fourth-order valence-corrected chi connectivity index (χ4v) is 1.60. The maximum atomic E-state index is 11.7. The average Bonchev–Trinajstić information content (AvgIpc) is 2.23. The zero-order valence-electron chi connectivity index (χ0n) is 8.15. The number of aryl methyl sites for hydroxylation is 1. The molecule has 5 nitrogen and oxygen atoms in total. The van der Waals surface area contributed by atoms with Crippen LogP contribution in [0, 0.1) is 0 Å². The SMILES string of the molecule is Cn1cc(C(=O)O)c(=O)c2c1C=CCN2. The smallest absolute Gasteiger partial charge is 0.341 e. The van der Waals surface area contributed by atoms with Gasteiger partial charge in [-0.25, -0.2) is 4.79 Å². The van der Waals surface area contributed by atoms with Crippen LogP contribution in [-0.4, -0.2) is 22.2 Å². The van der Waals surface area contributed by atoms with Crippen LogP contribution in [0.3, 0.4) is 0 Å². The van der Waals surface area contributed by atoms with Gasteiger partial charge >= 0.3 is 5.97 Å². The van der Waals surface area contributed by atoms with Gasteiger partial charge in [-0.1, -0.05) is 6.08 Å². The highest BCUT2D eigenvalue weighted by atomic mass is 16.4. The van der Waals surface area contributed by atoms with Crippen LogP contribution in [0.1, 0.15) is 16.1 Å². The first-order chi connectivity index (χ1) is 7.11. The normalized spacial score (nSPS) is 13.1. The summed E-state index contributed by atoms with van der Waals surface area (Å²) in [5, 5.41) is 11.7. The van der Waals surface area contributed by atoms with E-state index in [2.05, 4.69) is 5.32 Å². The number of fused-ring (bicyclic) bond motifs is 1. The lowest BCUT2D eigenvalue weighted by molar-refractivity contribution is 0.0694. The van der Waals surface area contributed by atoms with Gasteiger partial charge in [-0.05, 0) is 6.08 Å². The number of aromatic nitrogens is 1. The summed E-state index contributed by atoms with van der Waals surface area (Å²) in [6, 6.07) is 0. The zero-order chi connectivity index (χ0) is 11.0. The van der Waals surface area contributed by atoms with Crippen LogP contribution in [0.5, 0.6) is 0 Å². The summed E-state index contributed by atoms with van der Waals surface area (Å²) in [7, 11) is 1.71. The van der Waals surface area contributed by atoms with Crippen molar-refractivity contribution in [1.82, 2.24) is 4.57 Å². The summed E-state index contributed by atoms with van der Waals surface area (Å²) in [4.78, 5) is 22.5. The number of anilines is 1. The van der Waals surface area contributed by atoms with Gasteiger partial charge in [0, 0.05) is 19.8 Å². The summed E-state index contributed by atoms with van der Waals surface area (Å²) in [5.41, 5.74) is 0.398. The molecule has 0 aliphatic carbocycles. The minimum Gasteiger partial charge on any atom is -0.477 e. The maximum Gasteiger partial charge on any atom is 0.341 e. The molecule has 0 saturated carbocycles. The summed E-state index contributed by atoms with van der Waals surface area (Å²) in [5.74, 6) is -1.20. The fourth-order valence-electron chi connectivity index (χ4n) is 1.60. The molecule has 1 aliphatic rings. The van der Waals surface area contributed by atoms with Crippen LogP contribution in [0.4, 0.5) is 5.69 Å². The van der Waals surface area contributed by atoms with Gasteiger partial charge in [-0.2, -0.15) is 0 Å². The molecule has 0 saturated heterocycles. The molecule has 0 atom stereocenters. The molecule has 0 radical (unpaired) electrons. The number of rotatable bonds is 1. The van der Waals surface area contributed by atoms with Crippen molar-refractivity contribution in [1.29, 1.82) is 0 Å². The van der Waals surface area contributed by atoms with Crippen LogP contribution >= 0.6 is 0 Å². The number of pyridine rings is 1. The van der Waals surface area contributed by atoms with Gasteiger partial charge in [-0.15, -0.1) is 0 Å². The van der Waals surface area contributed by atoms with E-state index < -0.39 is 11.4 Å². The molecule has 0 aromatic carbocycles. The third kappa shape index (κ3) is 1.41. The number of carboxylic acid groups (broad SMARTS) is 1. The molecule has 2 rings (SSSR count). The molecule has 1 aliphatic heterocycles. The van der Waals surface area contributed by atoms with Gasteiger partial charge in [0.05, 0.1) is 5.69 Å². The van der Waals surface area contributed by atoms with E-state index in [0.717, 1.165) is 0 Å². The molecule has 0 fully saturated rings. The van der Waals surface area contributed by atoms with Crippen molar-refractivity contribution in [2.75, 3.05) is 11.9 Å². The van der Waals surface area contributed by atoms with E-state index in [4.69, 9.17) is 5.11 Å². The van der Waals surface area contributed by atoms with E-state index in [1.165, 1.54) is 6.20 Å². The van der Waals surface area contributed by atoms with Crippen molar-refractivity contribution in [3.63, 3.8) is 0 Å². The minimum absolute atomic E-state index is 0.209. The predicted octanol–water partition coefficient (Wildman–Crippen LogP) is 0.522. The predicted molar refractivity (Wildman–Crippen MR) is 56.2 cm³/mol. The van der Waals surface area contributed by atoms with Crippen molar-refractivity contribution in [3.05, 3.63) is 33.8 Å². The quantitative estimate of drug-likeness (QED) is 0.702. The molecule has 1 aromatic rings. The lowest BCUT2D eigenvalue weighted by Gasteiger charge is -2.16. The van der Waals surface area contributed by atoms with Crippen molar-refractivity contribution in [2.45, 2.75) is 0 Å². The second kappa shape index (κ2) is 3.27. The number of carbonyl (C=O) groups is 1. The fraction of sp³-hybridized carbons (Fsp3) is 0.200. The van der Waals surface area contributed by atoms with Crippen molar-refractivity contribution < 1.29 is 9.90 Å². The first-order valence-electron chi connectivity index (χ1n) is 4.48. The molecule has 1 aromatic heterocycles. The molecule has 78 valence electrons. The molecule has 0 unspecified atom stereocenters. The Morgan fingerprint density at radius 2 is 2.33 bits per heavy atom. The Hall–Kier alpha value is -2.04. The minimum atomic E-state index is -1.20. The first-order valence-corrected chi connectivity index (χ1v) is 4.48. The number of hydrogen-bond acceptors (Lipinski definition) is 3. The number of hydrogen-bond donors (Lipinski definition) is 2. The second-order valence-corrected chi connectivity index (χ2v) is 3.33. The molecule has 15 heavy (non-hydrogen) atoms. The van der Waals surface area contributed by atoms with Crippen molar-refractivity contribution >= 4 is 17.7 Å². The van der Waals surface area contributed by atoms with Crippen LogP contribution in [0.25, 0.3) is 6.08 Å². The second-order valence-electron chi connectivity index (χ2n) is 3.33. The summed E-state index contributed by atoms with van der Waals surface area (Å²) >= 11 is 0. The Balaban J connectivity index is 2.77. The van der Waals surface area contributed by atoms with Gasteiger partial charge in [0.25, 0.3) is 0 Å². The van der Waals surface area contributed by atoms with Crippen molar-refractivity contribution in [2.24, 2.45) is 7.05 Å². The molecule has 2 heterocycles. The highest BCUT2D eigenvalue weighted by molar-refractivity contribution is 5.89. The van der Waals surface area contributed by atoms with E-state index in [-0.39, 0.29) is 5.56 Å². The van der Waals surface area contributed by atoms with Crippen LogP contribution in [0.2, 0.25) is 0 Å². The van der Waals surface area contributed by atoms with Crippen LogP contribution < -0.4 is 10.7 Å². The molecule has 0 bridgehead atoms. The van der Waals surface area contributed by atoms with E-state index in [1.54, 1.807) is 17.7 Å². The third-order valence-corrected chi connectivity index (χ3v) is 2.33. The molecular formula is C10H10N2O3. The molecule has 5 heteroatoms.